The smallest absolute Gasteiger partial charge is 0.404 e. The molecular formula is C19H25FN6O2. The minimum Gasteiger partial charge on any atom is -0.465 e. The number of carbonyl (C=O) groups is 1. The van der Waals surface area contributed by atoms with Gasteiger partial charge in [0, 0.05) is 30.4 Å². The lowest BCUT2D eigenvalue weighted by Crippen LogP contribution is -2.39. The van der Waals surface area contributed by atoms with Gasteiger partial charge in [0.05, 0.1) is 12.4 Å². The molecule has 0 aliphatic heterocycles. The standard InChI is InChI=1S/C19H25FN6O2/c1-26-16(8-11-2-3-11)14(9-22-26)17-15(20)10-21-18(25-17)23-12-4-6-13(7-5-12)24-19(27)28/h9-13,24H,2-8H2,1H3,(H,27,28)(H,21,23,25)/t12-,13-. The fraction of sp³-hybridized carbons (Fsp3) is 0.579. The molecule has 2 aliphatic rings. The fourth-order valence-corrected chi connectivity index (χ4v) is 3.86. The Bertz CT molecular complexity index is 858. The van der Waals surface area contributed by atoms with E-state index in [1.807, 2.05) is 7.05 Å². The predicted octanol–water partition coefficient (Wildman–Crippen LogP) is 2.96. The average molecular weight is 388 g/mol. The average Bonchev–Trinajstić information content (AvgIpc) is 3.41. The first-order valence-corrected chi connectivity index (χ1v) is 9.79. The van der Waals surface area contributed by atoms with Crippen molar-refractivity contribution in [2.24, 2.45) is 13.0 Å². The first kappa shape index (κ1) is 18.6. The quantitative estimate of drug-likeness (QED) is 0.703. The van der Waals surface area contributed by atoms with Crippen LogP contribution in [0, 0.1) is 11.7 Å². The maximum absolute atomic E-state index is 14.5. The van der Waals surface area contributed by atoms with Crippen LogP contribution >= 0.6 is 0 Å². The molecular weight excluding hydrogens is 363 g/mol. The monoisotopic (exact) mass is 388 g/mol. The van der Waals surface area contributed by atoms with Crippen LogP contribution in [0.5, 0.6) is 0 Å². The Labute approximate surface area is 162 Å². The Morgan fingerprint density at radius 1 is 1.21 bits per heavy atom. The zero-order valence-electron chi connectivity index (χ0n) is 15.9. The van der Waals surface area contributed by atoms with Gasteiger partial charge in [0.1, 0.15) is 5.69 Å². The van der Waals surface area contributed by atoms with Gasteiger partial charge < -0.3 is 15.7 Å². The summed E-state index contributed by atoms with van der Waals surface area (Å²) in [5.41, 5.74) is 2.01. The second-order valence-electron chi connectivity index (χ2n) is 7.81. The Morgan fingerprint density at radius 3 is 2.61 bits per heavy atom. The van der Waals surface area contributed by atoms with Gasteiger partial charge >= 0.3 is 6.09 Å². The highest BCUT2D eigenvalue weighted by Crippen LogP contribution is 2.36. The van der Waals surface area contributed by atoms with E-state index in [4.69, 9.17) is 5.11 Å². The summed E-state index contributed by atoms with van der Waals surface area (Å²) in [5, 5.41) is 18.9. The summed E-state index contributed by atoms with van der Waals surface area (Å²) in [6.45, 7) is 0. The molecule has 0 aromatic carbocycles. The Kier molecular flexibility index (Phi) is 5.15. The number of hydrogen-bond donors (Lipinski definition) is 3. The second-order valence-corrected chi connectivity index (χ2v) is 7.81. The van der Waals surface area contributed by atoms with E-state index in [0.29, 0.717) is 11.9 Å². The van der Waals surface area contributed by atoms with Crippen LogP contribution in [0.4, 0.5) is 15.1 Å². The van der Waals surface area contributed by atoms with E-state index in [1.54, 1.807) is 10.9 Å². The van der Waals surface area contributed by atoms with Crippen LogP contribution in [0.25, 0.3) is 11.3 Å². The molecule has 0 saturated heterocycles. The largest absolute Gasteiger partial charge is 0.465 e. The summed E-state index contributed by atoms with van der Waals surface area (Å²) < 4.78 is 16.3. The Morgan fingerprint density at radius 2 is 1.93 bits per heavy atom. The molecule has 2 aromatic rings. The summed E-state index contributed by atoms with van der Waals surface area (Å²) in [6, 6.07) is 0.130. The molecule has 1 amide bonds. The predicted molar refractivity (Wildman–Crippen MR) is 101 cm³/mol. The third-order valence-corrected chi connectivity index (χ3v) is 5.63. The summed E-state index contributed by atoms with van der Waals surface area (Å²) in [4.78, 5) is 19.3. The number of aryl methyl sites for hydroxylation is 1. The summed E-state index contributed by atoms with van der Waals surface area (Å²) in [7, 11) is 1.88. The molecule has 0 radical (unpaired) electrons. The molecule has 150 valence electrons. The van der Waals surface area contributed by atoms with E-state index in [0.717, 1.165) is 43.4 Å². The van der Waals surface area contributed by atoms with E-state index in [-0.39, 0.29) is 17.8 Å². The van der Waals surface area contributed by atoms with Crippen molar-refractivity contribution in [2.45, 2.75) is 57.0 Å². The molecule has 4 rings (SSSR count). The van der Waals surface area contributed by atoms with Crippen LogP contribution < -0.4 is 10.6 Å². The number of aromatic nitrogens is 4. The number of anilines is 1. The number of halogens is 1. The SMILES string of the molecule is Cn1ncc(-c2nc(N[C@H]3CC[C@H](NC(=O)O)CC3)ncc2F)c1CC1CC1. The normalized spacial score (nSPS) is 22.1. The van der Waals surface area contributed by atoms with E-state index in [9.17, 15) is 9.18 Å². The summed E-state index contributed by atoms with van der Waals surface area (Å²) in [5.74, 6) is 0.600. The molecule has 2 heterocycles. The minimum absolute atomic E-state index is 0.0133. The number of amides is 1. The van der Waals surface area contributed by atoms with Gasteiger partial charge in [0.15, 0.2) is 5.82 Å². The van der Waals surface area contributed by atoms with Crippen molar-refractivity contribution in [3.05, 3.63) is 23.9 Å². The van der Waals surface area contributed by atoms with Gasteiger partial charge in [-0.2, -0.15) is 5.10 Å². The maximum Gasteiger partial charge on any atom is 0.404 e. The molecule has 8 nitrogen and oxygen atoms in total. The van der Waals surface area contributed by atoms with Gasteiger partial charge in [-0.1, -0.05) is 0 Å². The molecule has 28 heavy (non-hydrogen) atoms. The first-order valence-electron chi connectivity index (χ1n) is 9.79. The van der Waals surface area contributed by atoms with Gasteiger partial charge in [0.2, 0.25) is 5.95 Å². The van der Waals surface area contributed by atoms with Crippen molar-refractivity contribution in [3.63, 3.8) is 0 Å². The number of hydrogen-bond acceptors (Lipinski definition) is 5. The Balaban J connectivity index is 1.47. The first-order chi connectivity index (χ1) is 13.5. The van der Waals surface area contributed by atoms with Crippen molar-refractivity contribution in [3.8, 4) is 11.3 Å². The van der Waals surface area contributed by atoms with E-state index in [1.165, 1.54) is 19.0 Å². The van der Waals surface area contributed by atoms with Crippen molar-refractivity contribution < 1.29 is 14.3 Å². The highest BCUT2D eigenvalue weighted by atomic mass is 19.1. The van der Waals surface area contributed by atoms with Crippen molar-refractivity contribution in [1.29, 1.82) is 0 Å². The van der Waals surface area contributed by atoms with Gasteiger partial charge in [-0.3, -0.25) is 4.68 Å². The van der Waals surface area contributed by atoms with Crippen molar-refractivity contribution in [2.75, 3.05) is 5.32 Å². The number of carboxylic acid groups (broad SMARTS) is 1. The molecule has 9 heteroatoms. The minimum atomic E-state index is -0.985. The molecule has 2 saturated carbocycles. The summed E-state index contributed by atoms with van der Waals surface area (Å²) >= 11 is 0. The zero-order valence-corrected chi connectivity index (χ0v) is 15.9. The number of nitrogens with one attached hydrogen (secondary N) is 2. The lowest BCUT2D eigenvalue weighted by Gasteiger charge is -2.28. The van der Waals surface area contributed by atoms with Crippen LogP contribution in [-0.4, -0.2) is 43.0 Å². The lowest BCUT2D eigenvalue weighted by molar-refractivity contribution is 0.185. The number of rotatable bonds is 6. The van der Waals surface area contributed by atoms with Gasteiger partial charge in [-0.05, 0) is 50.9 Å². The van der Waals surface area contributed by atoms with Gasteiger partial charge in [-0.15, -0.1) is 0 Å². The summed E-state index contributed by atoms with van der Waals surface area (Å²) in [6.07, 6.45) is 8.33. The third-order valence-electron chi connectivity index (χ3n) is 5.63. The second kappa shape index (κ2) is 7.73. The van der Waals surface area contributed by atoms with E-state index >= 15 is 0 Å². The van der Waals surface area contributed by atoms with Gasteiger partial charge in [0.25, 0.3) is 0 Å². The van der Waals surface area contributed by atoms with Crippen LogP contribution in [0.3, 0.4) is 0 Å². The molecule has 2 aromatic heterocycles. The van der Waals surface area contributed by atoms with Crippen LogP contribution in [0.2, 0.25) is 0 Å². The zero-order chi connectivity index (χ0) is 19.7. The number of nitrogens with zero attached hydrogens (tertiary/aromatic N) is 4. The maximum atomic E-state index is 14.5. The van der Waals surface area contributed by atoms with E-state index < -0.39 is 11.9 Å². The van der Waals surface area contributed by atoms with Crippen molar-refractivity contribution in [1.82, 2.24) is 25.1 Å². The molecule has 0 atom stereocenters. The topological polar surface area (TPSA) is 105 Å². The van der Waals surface area contributed by atoms with Crippen LogP contribution in [-0.2, 0) is 13.5 Å². The van der Waals surface area contributed by atoms with Gasteiger partial charge in [-0.25, -0.2) is 19.2 Å². The van der Waals surface area contributed by atoms with Crippen molar-refractivity contribution >= 4 is 12.0 Å². The van der Waals surface area contributed by atoms with E-state index in [2.05, 4.69) is 25.7 Å². The lowest BCUT2D eigenvalue weighted by atomic mass is 9.91. The molecule has 2 aliphatic carbocycles. The van der Waals surface area contributed by atoms with Crippen LogP contribution in [0.15, 0.2) is 12.4 Å². The highest BCUT2D eigenvalue weighted by Gasteiger charge is 2.27. The molecule has 3 N–H and O–H groups in total. The molecule has 2 fully saturated rings. The molecule has 0 spiro atoms. The third kappa shape index (κ3) is 4.23. The highest BCUT2D eigenvalue weighted by molar-refractivity contribution is 5.65. The molecule has 0 unspecified atom stereocenters. The van der Waals surface area contributed by atoms with Crippen LogP contribution in [0.1, 0.15) is 44.2 Å². The fourth-order valence-electron chi connectivity index (χ4n) is 3.86. The Hall–Kier alpha value is -2.71. The molecule has 0 bridgehead atoms.